The van der Waals surface area contributed by atoms with Gasteiger partial charge < -0.3 is 10.6 Å². The lowest BCUT2D eigenvalue weighted by Gasteiger charge is -2.34. The molecule has 0 aromatic carbocycles. The maximum atomic E-state index is 5.56. The van der Waals surface area contributed by atoms with Crippen molar-refractivity contribution in [1.29, 1.82) is 0 Å². The molecule has 1 unspecified atom stereocenters. The highest BCUT2D eigenvalue weighted by Gasteiger charge is 2.25. The first-order valence-electron chi connectivity index (χ1n) is 5.68. The first-order chi connectivity index (χ1) is 8.25. The van der Waals surface area contributed by atoms with E-state index >= 15 is 0 Å². The van der Waals surface area contributed by atoms with Crippen molar-refractivity contribution >= 4 is 23.0 Å². The molecule has 2 aromatic heterocycles. The van der Waals surface area contributed by atoms with Crippen molar-refractivity contribution in [3.63, 3.8) is 0 Å². The van der Waals surface area contributed by atoms with Crippen molar-refractivity contribution in [1.82, 2.24) is 10.2 Å². The van der Waals surface area contributed by atoms with Crippen LogP contribution in [0.2, 0.25) is 0 Å². The Bertz CT molecular complexity index is 520. The predicted octanol–water partition coefficient (Wildman–Crippen LogP) is 2.24. The SMILES string of the molecule is CC1c2ccsc2CCN1c1ccc(N)nn1. The van der Waals surface area contributed by atoms with Gasteiger partial charge in [-0.05, 0) is 42.5 Å². The lowest BCUT2D eigenvalue weighted by Crippen LogP contribution is -2.33. The molecule has 17 heavy (non-hydrogen) atoms. The summed E-state index contributed by atoms with van der Waals surface area (Å²) in [5.74, 6) is 1.37. The van der Waals surface area contributed by atoms with Gasteiger partial charge in [0.25, 0.3) is 0 Å². The Kier molecular flexibility index (Phi) is 2.48. The zero-order chi connectivity index (χ0) is 11.8. The molecule has 4 nitrogen and oxygen atoms in total. The van der Waals surface area contributed by atoms with Crippen LogP contribution in [0.3, 0.4) is 0 Å². The fourth-order valence-electron chi connectivity index (χ4n) is 2.31. The van der Waals surface area contributed by atoms with E-state index in [1.165, 1.54) is 10.4 Å². The molecule has 3 heterocycles. The Morgan fingerprint density at radius 1 is 1.35 bits per heavy atom. The third-order valence-corrected chi connectivity index (χ3v) is 4.24. The third-order valence-electron chi connectivity index (χ3n) is 3.24. The van der Waals surface area contributed by atoms with E-state index in [0.29, 0.717) is 11.9 Å². The fraction of sp³-hybridized carbons (Fsp3) is 0.333. The highest BCUT2D eigenvalue weighted by atomic mass is 32.1. The lowest BCUT2D eigenvalue weighted by atomic mass is 10.0. The van der Waals surface area contributed by atoms with Crippen LogP contribution in [0.4, 0.5) is 11.6 Å². The first-order valence-corrected chi connectivity index (χ1v) is 6.56. The van der Waals surface area contributed by atoms with Gasteiger partial charge in [0.05, 0.1) is 6.04 Å². The van der Waals surface area contributed by atoms with Gasteiger partial charge in [-0.3, -0.25) is 0 Å². The highest BCUT2D eigenvalue weighted by Crippen LogP contribution is 2.34. The number of anilines is 2. The van der Waals surface area contributed by atoms with Crippen LogP contribution in [0.5, 0.6) is 0 Å². The van der Waals surface area contributed by atoms with Gasteiger partial charge >= 0.3 is 0 Å². The third kappa shape index (κ3) is 1.76. The molecule has 1 atom stereocenters. The van der Waals surface area contributed by atoms with E-state index in [1.54, 1.807) is 6.07 Å². The van der Waals surface area contributed by atoms with E-state index in [2.05, 4.69) is 33.5 Å². The Labute approximate surface area is 104 Å². The maximum absolute atomic E-state index is 5.56. The smallest absolute Gasteiger partial charge is 0.151 e. The zero-order valence-electron chi connectivity index (χ0n) is 9.63. The van der Waals surface area contributed by atoms with Gasteiger partial charge in [-0.1, -0.05) is 0 Å². The topological polar surface area (TPSA) is 55.0 Å². The van der Waals surface area contributed by atoms with E-state index < -0.39 is 0 Å². The number of fused-ring (bicyclic) bond motifs is 1. The largest absolute Gasteiger partial charge is 0.382 e. The summed E-state index contributed by atoms with van der Waals surface area (Å²) in [6.45, 7) is 3.20. The molecule has 88 valence electrons. The molecule has 2 aromatic rings. The van der Waals surface area contributed by atoms with Crippen LogP contribution in [0.15, 0.2) is 23.6 Å². The maximum Gasteiger partial charge on any atom is 0.151 e. The second kappa shape index (κ2) is 4.00. The van der Waals surface area contributed by atoms with Gasteiger partial charge in [0.15, 0.2) is 5.82 Å². The predicted molar refractivity (Wildman–Crippen MR) is 70.2 cm³/mol. The molecular weight excluding hydrogens is 232 g/mol. The number of nitrogens with zero attached hydrogens (tertiary/aromatic N) is 3. The van der Waals surface area contributed by atoms with Gasteiger partial charge in [0.1, 0.15) is 5.82 Å². The number of hydrogen-bond donors (Lipinski definition) is 1. The van der Waals surface area contributed by atoms with Gasteiger partial charge in [-0.25, -0.2) is 0 Å². The summed E-state index contributed by atoms with van der Waals surface area (Å²) in [6, 6.07) is 6.32. The van der Waals surface area contributed by atoms with E-state index in [0.717, 1.165) is 18.8 Å². The number of rotatable bonds is 1. The molecule has 5 heteroatoms. The molecule has 0 saturated heterocycles. The first kappa shape index (κ1) is 10.5. The normalized spacial score (nSPS) is 19.1. The number of nitrogens with two attached hydrogens (primary N) is 1. The molecule has 2 N–H and O–H groups in total. The summed E-state index contributed by atoms with van der Waals surface area (Å²) in [6.07, 6.45) is 1.09. The van der Waals surface area contributed by atoms with E-state index in [-0.39, 0.29) is 0 Å². The molecule has 0 bridgehead atoms. The van der Waals surface area contributed by atoms with Crippen LogP contribution in [0.1, 0.15) is 23.4 Å². The van der Waals surface area contributed by atoms with Crippen LogP contribution >= 0.6 is 11.3 Å². The summed E-state index contributed by atoms with van der Waals surface area (Å²) in [5, 5.41) is 10.3. The number of nitrogen functional groups attached to an aromatic ring is 1. The number of aromatic nitrogens is 2. The monoisotopic (exact) mass is 246 g/mol. The summed E-state index contributed by atoms with van der Waals surface area (Å²) >= 11 is 1.85. The van der Waals surface area contributed by atoms with Crippen LogP contribution in [-0.4, -0.2) is 16.7 Å². The Morgan fingerprint density at radius 3 is 3.00 bits per heavy atom. The molecule has 0 fully saturated rings. The van der Waals surface area contributed by atoms with Crippen molar-refractivity contribution in [2.75, 3.05) is 17.2 Å². The fourth-order valence-corrected chi connectivity index (χ4v) is 3.27. The van der Waals surface area contributed by atoms with Crippen LogP contribution in [-0.2, 0) is 6.42 Å². The minimum Gasteiger partial charge on any atom is -0.382 e. The van der Waals surface area contributed by atoms with Crippen LogP contribution < -0.4 is 10.6 Å². The number of thiophene rings is 1. The Balaban J connectivity index is 1.93. The molecule has 0 amide bonds. The van der Waals surface area contributed by atoms with E-state index in [1.807, 2.05) is 17.4 Å². The average molecular weight is 246 g/mol. The Morgan fingerprint density at radius 2 is 2.24 bits per heavy atom. The van der Waals surface area contributed by atoms with Crippen LogP contribution in [0, 0.1) is 0 Å². The van der Waals surface area contributed by atoms with Crippen LogP contribution in [0.25, 0.3) is 0 Å². The molecule has 0 aliphatic carbocycles. The Hall–Kier alpha value is -1.62. The molecule has 3 rings (SSSR count). The minimum atomic E-state index is 0.364. The summed E-state index contributed by atoms with van der Waals surface area (Å²) in [5.41, 5.74) is 6.98. The van der Waals surface area contributed by atoms with E-state index in [9.17, 15) is 0 Å². The molecule has 0 spiro atoms. The van der Waals surface area contributed by atoms with Gasteiger partial charge in [-0.2, -0.15) is 0 Å². The number of hydrogen-bond acceptors (Lipinski definition) is 5. The molecule has 0 saturated carbocycles. The molecule has 1 aliphatic heterocycles. The molecule has 0 radical (unpaired) electrons. The second-order valence-electron chi connectivity index (χ2n) is 4.23. The summed E-state index contributed by atoms with van der Waals surface area (Å²) in [7, 11) is 0. The van der Waals surface area contributed by atoms with Crippen molar-refractivity contribution < 1.29 is 0 Å². The van der Waals surface area contributed by atoms with Crippen molar-refractivity contribution in [3.8, 4) is 0 Å². The molecular formula is C12H14N4S. The van der Waals surface area contributed by atoms with Crippen molar-refractivity contribution in [2.24, 2.45) is 0 Å². The van der Waals surface area contributed by atoms with Crippen molar-refractivity contribution in [3.05, 3.63) is 34.0 Å². The summed E-state index contributed by atoms with van der Waals surface area (Å²) < 4.78 is 0. The standard InChI is InChI=1S/C12H14N4S/c1-8-9-5-7-17-10(9)4-6-16(8)12-3-2-11(13)14-15-12/h2-3,5,7-8H,4,6H2,1H3,(H2,13,14). The van der Waals surface area contributed by atoms with Gasteiger partial charge in [0, 0.05) is 11.4 Å². The van der Waals surface area contributed by atoms with Gasteiger partial charge in [0.2, 0.25) is 0 Å². The highest BCUT2D eigenvalue weighted by molar-refractivity contribution is 7.10. The quantitative estimate of drug-likeness (QED) is 0.838. The molecule has 1 aliphatic rings. The zero-order valence-corrected chi connectivity index (χ0v) is 10.4. The second-order valence-corrected chi connectivity index (χ2v) is 5.24. The van der Waals surface area contributed by atoms with E-state index in [4.69, 9.17) is 5.73 Å². The minimum absolute atomic E-state index is 0.364. The van der Waals surface area contributed by atoms with Gasteiger partial charge in [-0.15, -0.1) is 21.5 Å². The average Bonchev–Trinajstić information content (AvgIpc) is 2.80. The van der Waals surface area contributed by atoms with Crippen molar-refractivity contribution in [2.45, 2.75) is 19.4 Å². The summed E-state index contributed by atoms with van der Waals surface area (Å²) in [4.78, 5) is 3.78. The lowest BCUT2D eigenvalue weighted by molar-refractivity contribution is 0.621.